The van der Waals surface area contributed by atoms with Crippen LogP contribution in [0.4, 0.5) is 5.82 Å². The standard InChI is InChI=1S/C19H16N4O2/c24-19-15-7-3-4-8-16(15)20-17-13-5-1-2-6-14(13)18(21-23(17)19)22-9-11-25-12-10-22/h1-8H,9-12H2. The molecule has 0 radical (unpaired) electrons. The quantitative estimate of drug-likeness (QED) is 0.395. The van der Waals surface area contributed by atoms with Gasteiger partial charge in [0.05, 0.1) is 24.1 Å². The van der Waals surface area contributed by atoms with Crippen LogP contribution in [0.2, 0.25) is 0 Å². The van der Waals surface area contributed by atoms with Crippen molar-refractivity contribution in [3.05, 3.63) is 58.9 Å². The molecule has 2 aromatic carbocycles. The molecule has 1 aliphatic rings. The van der Waals surface area contributed by atoms with Crippen molar-refractivity contribution in [2.75, 3.05) is 31.2 Å². The third kappa shape index (κ3) is 2.18. The topological polar surface area (TPSA) is 59.7 Å². The van der Waals surface area contributed by atoms with E-state index in [4.69, 9.17) is 9.72 Å². The van der Waals surface area contributed by atoms with Gasteiger partial charge in [-0.25, -0.2) is 4.98 Å². The van der Waals surface area contributed by atoms with Gasteiger partial charge in [-0.1, -0.05) is 36.4 Å². The second kappa shape index (κ2) is 5.53. The molecule has 0 amide bonds. The number of ether oxygens (including phenoxy) is 1. The van der Waals surface area contributed by atoms with Crippen LogP contribution in [0.1, 0.15) is 0 Å². The van der Waals surface area contributed by atoms with Crippen LogP contribution < -0.4 is 10.5 Å². The third-order valence-electron chi connectivity index (χ3n) is 4.67. The van der Waals surface area contributed by atoms with Crippen molar-refractivity contribution in [2.45, 2.75) is 0 Å². The van der Waals surface area contributed by atoms with E-state index >= 15 is 0 Å². The zero-order chi connectivity index (χ0) is 16.8. The number of morpholine rings is 1. The fourth-order valence-electron chi connectivity index (χ4n) is 3.42. The number of aromatic nitrogens is 3. The first-order valence-electron chi connectivity index (χ1n) is 8.36. The normalized spacial score (nSPS) is 15.3. The molecule has 0 aliphatic carbocycles. The zero-order valence-corrected chi connectivity index (χ0v) is 13.6. The van der Waals surface area contributed by atoms with Crippen LogP contribution in [0.3, 0.4) is 0 Å². The van der Waals surface area contributed by atoms with Gasteiger partial charge in [-0.05, 0) is 12.1 Å². The van der Waals surface area contributed by atoms with Crippen LogP contribution >= 0.6 is 0 Å². The molecule has 4 aromatic rings. The molecule has 2 aromatic heterocycles. The number of hydrogen-bond donors (Lipinski definition) is 0. The molecule has 124 valence electrons. The van der Waals surface area contributed by atoms with Gasteiger partial charge < -0.3 is 9.64 Å². The molecule has 0 unspecified atom stereocenters. The van der Waals surface area contributed by atoms with Crippen LogP contribution in [0.15, 0.2) is 53.3 Å². The van der Waals surface area contributed by atoms with Gasteiger partial charge in [-0.2, -0.15) is 4.52 Å². The summed E-state index contributed by atoms with van der Waals surface area (Å²) in [4.78, 5) is 19.9. The summed E-state index contributed by atoms with van der Waals surface area (Å²) in [7, 11) is 0. The van der Waals surface area contributed by atoms with Gasteiger partial charge >= 0.3 is 0 Å². The van der Waals surface area contributed by atoms with Gasteiger partial charge in [0.1, 0.15) is 0 Å². The van der Waals surface area contributed by atoms with E-state index in [1.807, 2.05) is 42.5 Å². The molecule has 6 nitrogen and oxygen atoms in total. The van der Waals surface area contributed by atoms with E-state index in [1.165, 1.54) is 4.52 Å². The van der Waals surface area contributed by atoms with Gasteiger partial charge in [-0.3, -0.25) is 4.79 Å². The summed E-state index contributed by atoms with van der Waals surface area (Å²) in [6.45, 7) is 2.86. The number of para-hydroxylation sites is 1. The molecule has 1 fully saturated rings. The van der Waals surface area contributed by atoms with Crippen molar-refractivity contribution >= 4 is 33.1 Å². The Labute approximate surface area is 143 Å². The van der Waals surface area contributed by atoms with Crippen LogP contribution in [0, 0.1) is 0 Å². The summed E-state index contributed by atoms with van der Waals surface area (Å²) in [5.74, 6) is 0.811. The lowest BCUT2D eigenvalue weighted by Crippen LogP contribution is -2.37. The molecule has 3 heterocycles. The first kappa shape index (κ1) is 14.4. The van der Waals surface area contributed by atoms with Gasteiger partial charge in [0, 0.05) is 23.9 Å². The molecule has 5 rings (SSSR count). The van der Waals surface area contributed by atoms with Crippen LogP contribution in [-0.2, 0) is 4.74 Å². The minimum Gasteiger partial charge on any atom is -0.378 e. The van der Waals surface area contributed by atoms with Crippen molar-refractivity contribution in [2.24, 2.45) is 0 Å². The first-order valence-corrected chi connectivity index (χ1v) is 8.36. The Kier molecular flexibility index (Phi) is 3.18. The lowest BCUT2D eigenvalue weighted by Gasteiger charge is -2.28. The molecule has 0 atom stereocenters. The maximum absolute atomic E-state index is 13.0. The molecule has 0 N–H and O–H groups in total. The highest BCUT2D eigenvalue weighted by atomic mass is 16.5. The highest BCUT2D eigenvalue weighted by Gasteiger charge is 2.19. The van der Waals surface area contributed by atoms with Crippen molar-refractivity contribution in [1.29, 1.82) is 0 Å². The van der Waals surface area contributed by atoms with Gasteiger partial charge in [-0.15, -0.1) is 5.10 Å². The molecule has 0 spiro atoms. The number of fused-ring (bicyclic) bond motifs is 4. The van der Waals surface area contributed by atoms with Gasteiger partial charge in [0.25, 0.3) is 5.56 Å². The number of hydrogen-bond acceptors (Lipinski definition) is 5. The van der Waals surface area contributed by atoms with E-state index in [9.17, 15) is 4.79 Å². The maximum atomic E-state index is 13.0. The molecule has 25 heavy (non-hydrogen) atoms. The fraction of sp³-hybridized carbons (Fsp3) is 0.211. The molecule has 0 bridgehead atoms. The lowest BCUT2D eigenvalue weighted by molar-refractivity contribution is 0.122. The fourth-order valence-corrected chi connectivity index (χ4v) is 3.42. The van der Waals surface area contributed by atoms with Crippen molar-refractivity contribution < 1.29 is 4.74 Å². The Morgan fingerprint density at radius 3 is 2.36 bits per heavy atom. The highest BCUT2D eigenvalue weighted by Crippen LogP contribution is 2.27. The largest absolute Gasteiger partial charge is 0.378 e. The number of anilines is 1. The number of nitrogens with zero attached hydrogens (tertiary/aromatic N) is 4. The van der Waals surface area contributed by atoms with Crippen LogP contribution in [0.25, 0.3) is 27.3 Å². The summed E-state index contributed by atoms with van der Waals surface area (Å²) in [5, 5.41) is 7.21. The highest BCUT2D eigenvalue weighted by molar-refractivity contribution is 6.01. The third-order valence-corrected chi connectivity index (χ3v) is 4.67. The Balaban J connectivity index is 1.92. The number of benzene rings is 2. The van der Waals surface area contributed by atoms with Crippen LogP contribution in [0.5, 0.6) is 0 Å². The summed E-state index contributed by atoms with van der Waals surface area (Å²) in [6, 6.07) is 15.4. The molecule has 6 heteroatoms. The zero-order valence-electron chi connectivity index (χ0n) is 13.6. The molecular weight excluding hydrogens is 316 g/mol. The monoisotopic (exact) mass is 332 g/mol. The minimum absolute atomic E-state index is 0.138. The SMILES string of the molecule is O=c1c2ccccc2nc2c3ccccc3c(N3CCOCC3)nn12. The second-order valence-electron chi connectivity index (χ2n) is 6.14. The Hall–Kier alpha value is -2.99. The van der Waals surface area contributed by atoms with E-state index in [0.29, 0.717) is 29.8 Å². The van der Waals surface area contributed by atoms with E-state index in [-0.39, 0.29) is 5.56 Å². The van der Waals surface area contributed by atoms with E-state index in [2.05, 4.69) is 10.00 Å². The van der Waals surface area contributed by atoms with Crippen molar-refractivity contribution in [3.8, 4) is 0 Å². The predicted octanol–water partition coefficient (Wildman–Crippen LogP) is 2.23. The van der Waals surface area contributed by atoms with E-state index in [0.717, 1.165) is 29.7 Å². The average Bonchev–Trinajstić information content (AvgIpc) is 2.68. The first-order chi connectivity index (χ1) is 12.3. The summed E-state index contributed by atoms with van der Waals surface area (Å²) < 4.78 is 6.89. The smallest absolute Gasteiger partial charge is 0.282 e. The maximum Gasteiger partial charge on any atom is 0.282 e. The minimum atomic E-state index is -0.138. The Morgan fingerprint density at radius 2 is 1.56 bits per heavy atom. The molecular formula is C19H16N4O2. The summed E-state index contributed by atoms with van der Waals surface area (Å²) >= 11 is 0. The molecule has 1 aliphatic heterocycles. The summed E-state index contributed by atoms with van der Waals surface area (Å²) in [6.07, 6.45) is 0. The van der Waals surface area contributed by atoms with E-state index in [1.54, 1.807) is 6.07 Å². The average molecular weight is 332 g/mol. The lowest BCUT2D eigenvalue weighted by atomic mass is 10.1. The second-order valence-corrected chi connectivity index (χ2v) is 6.14. The van der Waals surface area contributed by atoms with Crippen molar-refractivity contribution in [3.63, 3.8) is 0 Å². The van der Waals surface area contributed by atoms with Gasteiger partial charge in [0.2, 0.25) is 0 Å². The van der Waals surface area contributed by atoms with E-state index < -0.39 is 0 Å². The Morgan fingerprint density at radius 1 is 0.880 bits per heavy atom. The Bertz CT molecular complexity index is 1160. The number of rotatable bonds is 1. The van der Waals surface area contributed by atoms with Gasteiger partial charge in [0.15, 0.2) is 11.5 Å². The molecule has 0 saturated carbocycles. The predicted molar refractivity (Wildman–Crippen MR) is 97.3 cm³/mol. The molecule has 1 saturated heterocycles. The van der Waals surface area contributed by atoms with Crippen LogP contribution in [-0.4, -0.2) is 40.9 Å². The van der Waals surface area contributed by atoms with Crippen molar-refractivity contribution in [1.82, 2.24) is 14.6 Å². The summed E-state index contributed by atoms with van der Waals surface area (Å²) in [5.41, 5.74) is 1.15.